The van der Waals surface area contributed by atoms with Crippen molar-refractivity contribution in [2.24, 2.45) is 0 Å². The van der Waals surface area contributed by atoms with Crippen molar-refractivity contribution in [1.29, 1.82) is 0 Å². The summed E-state index contributed by atoms with van der Waals surface area (Å²) >= 11 is 0. The molecule has 0 aliphatic heterocycles. The van der Waals surface area contributed by atoms with E-state index < -0.39 is 5.97 Å². The zero-order valence-corrected chi connectivity index (χ0v) is 10.3. The summed E-state index contributed by atoms with van der Waals surface area (Å²) in [6, 6.07) is 0. The van der Waals surface area contributed by atoms with E-state index in [4.69, 9.17) is 0 Å². The maximum atomic E-state index is 11.3. The Kier molecular flexibility index (Phi) is 4.84. The van der Waals surface area contributed by atoms with E-state index in [0.29, 0.717) is 18.8 Å². The van der Waals surface area contributed by atoms with Gasteiger partial charge in [0.15, 0.2) is 5.69 Å². The molecule has 6 nitrogen and oxygen atoms in total. The second-order valence-corrected chi connectivity index (χ2v) is 3.81. The van der Waals surface area contributed by atoms with Crippen LogP contribution in [0.4, 0.5) is 5.82 Å². The molecule has 0 spiro atoms. The number of anilines is 1. The fourth-order valence-corrected chi connectivity index (χ4v) is 1.24. The number of aliphatic hydroxyl groups excluding tert-OH is 1. The van der Waals surface area contributed by atoms with Crippen LogP contribution < -0.4 is 4.90 Å². The fraction of sp³-hybridized carbons (Fsp3) is 0.545. The molecule has 0 bridgehead atoms. The Labute approximate surface area is 100 Å². The van der Waals surface area contributed by atoms with E-state index in [1.807, 2.05) is 11.9 Å². The van der Waals surface area contributed by atoms with E-state index in [9.17, 15) is 9.90 Å². The first-order valence-corrected chi connectivity index (χ1v) is 5.34. The minimum absolute atomic E-state index is 0.175. The fourth-order valence-electron chi connectivity index (χ4n) is 1.24. The van der Waals surface area contributed by atoms with Crippen molar-refractivity contribution in [3.8, 4) is 0 Å². The van der Waals surface area contributed by atoms with Crippen molar-refractivity contribution in [1.82, 2.24) is 9.97 Å². The Hall–Kier alpha value is -1.69. The molecule has 0 aliphatic rings. The van der Waals surface area contributed by atoms with E-state index in [-0.39, 0.29) is 11.8 Å². The van der Waals surface area contributed by atoms with Gasteiger partial charge in [-0.15, -0.1) is 0 Å². The van der Waals surface area contributed by atoms with Crippen LogP contribution in [0.5, 0.6) is 0 Å². The zero-order valence-electron chi connectivity index (χ0n) is 10.3. The van der Waals surface area contributed by atoms with Gasteiger partial charge in [-0.3, -0.25) is 4.98 Å². The maximum Gasteiger partial charge on any atom is 0.358 e. The largest absolute Gasteiger partial charge is 0.464 e. The highest BCUT2D eigenvalue weighted by atomic mass is 16.5. The molecule has 1 heterocycles. The van der Waals surface area contributed by atoms with Crippen molar-refractivity contribution in [2.45, 2.75) is 19.4 Å². The molecule has 0 aromatic carbocycles. The molecule has 0 radical (unpaired) electrons. The molecule has 0 amide bonds. The van der Waals surface area contributed by atoms with Crippen molar-refractivity contribution in [3.05, 3.63) is 18.1 Å². The predicted octanol–water partition coefficient (Wildman–Crippen LogP) is 0.470. The van der Waals surface area contributed by atoms with Gasteiger partial charge in [-0.05, 0) is 13.3 Å². The van der Waals surface area contributed by atoms with Gasteiger partial charge >= 0.3 is 5.97 Å². The van der Waals surface area contributed by atoms with Gasteiger partial charge in [-0.2, -0.15) is 0 Å². The first-order valence-electron chi connectivity index (χ1n) is 5.34. The Morgan fingerprint density at radius 1 is 1.59 bits per heavy atom. The van der Waals surface area contributed by atoms with E-state index in [0.717, 1.165) is 0 Å². The molecule has 0 aliphatic carbocycles. The molecule has 1 aromatic heterocycles. The molecular formula is C11H17N3O3. The summed E-state index contributed by atoms with van der Waals surface area (Å²) in [5.41, 5.74) is 0.175. The minimum Gasteiger partial charge on any atom is -0.464 e. The number of aliphatic hydroxyl groups is 1. The summed E-state index contributed by atoms with van der Waals surface area (Å²) in [6.07, 6.45) is 3.18. The van der Waals surface area contributed by atoms with Crippen LogP contribution in [0.25, 0.3) is 0 Å². The summed E-state index contributed by atoms with van der Waals surface area (Å²) in [7, 11) is 3.13. The second kappa shape index (κ2) is 6.15. The molecular weight excluding hydrogens is 222 g/mol. The number of aromatic nitrogens is 2. The first-order chi connectivity index (χ1) is 8.04. The number of carbonyl (C=O) groups excluding carboxylic acids is 1. The van der Waals surface area contributed by atoms with Gasteiger partial charge in [-0.25, -0.2) is 9.78 Å². The summed E-state index contributed by atoms with van der Waals surface area (Å²) < 4.78 is 4.57. The molecule has 94 valence electrons. The molecule has 0 fully saturated rings. The van der Waals surface area contributed by atoms with Crippen LogP contribution in [0.3, 0.4) is 0 Å². The number of nitrogens with zero attached hydrogens (tertiary/aromatic N) is 3. The minimum atomic E-state index is -0.511. The molecule has 6 heteroatoms. The Morgan fingerprint density at radius 2 is 2.29 bits per heavy atom. The van der Waals surface area contributed by atoms with Crippen molar-refractivity contribution in [3.63, 3.8) is 0 Å². The summed E-state index contributed by atoms with van der Waals surface area (Å²) in [5, 5.41) is 9.19. The highest BCUT2D eigenvalue weighted by molar-refractivity contribution is 5.87. The quantitative estimate of drug-likeness (QED) is 0.753. The Morgan fingerprint density at radius 3 is 2.88 bits per heavy atom. The van der Waals surface area contributed by atoms with Crippen LogP contribution in [0.2, 0.25) is 0 Å². The standard InChI is InChI=1S/C11H17N3O3/c1-8(15)4-5-14(2)10-7-12-6-9(13-10)11(16)17-3/h6-8,15H,4-5H2,1-3H3. The van der Waals surface area contributed by atoms with Gasteiger partial charge in [0.25, 0.3) is 0 Å². The van der Waals surface area contributed by atoms with Crippen LogP contribution >= 0.6 is 0 Å². The van der Waals surface area contributed by atoms with Crippen LogP contribution in [0.1, 0.15) is 23.8 Å². The number of methoxy groups -OCH3 is 1. The zero-order chi connectivity index (χ0) is 12.8. The Balaban J connectivity index is 2.73. The second-order valence-electron chi connectivity index (χ2n) is 3.81. The SMILES string of the molecule is COC(=O)c1cncc(N(C)CCC(C)O)n1. The van der Waals surface area contributed by atoms with E-state index in [1.54, 1.807) is 13.1 Å². The Bertz CT molecular complexity index is 382. The normalized spacial score (nSPS) is 12.0. The van der Waals surface area contributed by atoms with Gasteiger partial charge < -0.3 is 14.7 Å². The summed E-state index contributed by atoms with van der Waals surface area (Å²) in [6.45, 7) is 2.36. The number of hydrogen-bond donors (Lipinski definition) is 1. The van der Waals surface area contributed by atoms with E-state index in [1.165, 1.54) is 13.3 Å². The third-order valence-corrected chi connectivity index (χ3v) is 2.29. The first kappa shape index (κ1) is 13.4. The molecule has 0 saturated heterocycles. The average Bonchev–Trinajstić information content (AvgIpc) is 2.35. The molecule has 1 rings (SSSR count). The van der Waals surface area contributed by atoms with Crippen molar-refractivity contribution < 1.29 is 14.6 Å². The number of ether oxygens (including phenoxy) is 1. The lowest BCUT2D eigenvalue weighted by Crippen LogP contribution is -2.23. The monoisotopic (exact) mass is 239 g/mol. The van der Waals surface area contributed by atoms with E-state index in [2.05, 4.69) is 14.7 Å². The number of esters is 1. The van der Waals surface area contributed by atoms with Crippen molar-refractivity contribution >= 4 is 11.8 Å². The third-order valence-electron chi connectivity index (χ3n) is 2.29. The lowest BCUT2D eigenvalue weighted by Gasteiger charge is -2.18. The van der Waals surface area contributed by atoms with Gasteiger partial charge in [-0.1, -0.05) is 0 Å². The summed E-state index contributed by atoms with van der Waals surface area (Å²) in [5.74, 6) is 0.0665. The van der Waals surface area contributed by atoms with Crippen LogP contribution in [0.15, 0.2) is 12.4 Å². The molecule has 0 saturated carbocycles. The molecule has 1 unspecified atom stereocenters. The lowest BCUT2D eigenvalue weighted by atomic mass is 10.3. The van der Waals surface area contributed by atoms with Crippen LogP contribution in [-0.2, 0) is 4.74 Å². The van der Waals surface area contributed by atoms with Gasteiger partial charge in [0.1, 0.15) is 5.82 Å². The topological polar surface area (TPSA) is 75.5 Å². The van der Waals surface area contributed by atoms with Gasteiger partial charge in [0.2, 0.25) is 0 Å². The number of carbonyl (C=O) groups is 1. The highest BCUT2D eigenvalue weighted by Crippen LogP contribution is 2.09. The summed E-state index contributed by atoms with van der Waals surface area (Å²) in [4.78, 5) is 21.2. The lowest BCUT2D eigenvalue weighted by molar-refractivity contribution is 0.0593. The van der Waals surface area contributed by atoms with Crippen molar-refractivity contribution in [2.75, 3.05) is 25.6 Å². The van der Waals surface area contributed by atoms with Gasteiger partial charge in [0, 0.05) is 13.6 Å². The average molecular weight is 239 g/mol. The van der Waals surface area contributed by atoms with Gasteiger partial charge in [0.05, 0.1) is 25.6 Å². The predicted molar refractivity (Wildman–Crippen MR) is 62.9 cm³/mol. The molecule has 1 aromatic rings. The third kappa shape index (κ3) is 3.99. The molecule has 17 heavy (non-hydrogen) atoms. The number of rotatable bonds is 5. The van der Waals surface area contributed by atoms with Crippen LogP contribution in [0, 0.1) is 0 Å². The smallest absolute Gasteiger partial charge is 0.358 e. The molecule has 1 N–H and O–H groups in total. The maximum absolute atomic E-state index is 11.3. The van der Waals surface area contributed by atoms with Crippen LogP contribution in [-0.4, -0.2) is 47.8 Å². The number of hydrogen-bond acceptors (Lipinski definition) is 6. The highest BCUT2D eigenvalue weighted by Gasteiger charge is 2.11. The van der Waals surface area contributed by atoms with E-state index >= 15 is 0 Å². The molecule has 1 atom stereocenters.